The molecule has 1 atom stereocenters. The second kappa shape index (κ2) is 6.84. The fourth-order valence-electron chi connectivity index (χ4n) is 2.23. The van der Waals surface area contributed by atoms with Gasteiger partial charge in [0.1, 0.15) is 6.04 Å². The van der Waals surface area contributed by atoms with E-state index in [9.17, 15) is 4.79 Å². The van der Waals surface area contributed by atoms with Gasteiger partial charge in [-0.25, -0.2) is 0 Å². The van der Waals surface area contributed by atoms with Crippen molar-refractivity contribution in [3.05, 3.63) is 29.0 Å². The molecule has 1 aromatic rings. The molecule has 0 aromatic carbocycles. The Morgan fingerprint density at radius 1 is 1.68 bits per heavy atom. The number of pyridine rings is 1. The fourth-order valence-corrected chi connectivity index (χ4v) is 2.41. The zero-order valence-electron chi connectivity index (χ0n) is 11.0. The molecule has 0 aliphatic carbocycles. The summed E-state index contributed by atoms with van der Waals surface area (Å²) in [4.78, 5) is 18.5. The quantitative estimate of drug-likeness (QED) is 0.851. The molecule has 1 aliphatic rings. The fraction of sp³-hybridized carbons (Fsp3) is 0.538. The lowest BCUT2D eigenvalue weighted by molar-refractivity contribution is -0.127. The van der Waals surface area contributed by atoms with Gasteiger partial charge in [0.25, 0.3) is 0 Å². The lowest BCUT2D eigenvalue weighted by Gasteiger charge is -2.34. The Labute approximate surface area is 118 Å². The molecule has 0 spiro atoms. The van der Waals surface area contributed by atoms with E-state index in [1.165, 1.54) is 0 Å². The third-order valence-corrected chi connectivity index (χ3v) is 3.39. The van der Waals surface area contributed by atoms with E-state index < -0.39 is 0 Å². The van der Waals surface area contributed by atoms with Crippen LogP contribution in [0.15, 0.2) is 18.3 Å². The zero-order valence-corrected chi connectivity index (χ0v) is 11.8. The summed E-state index contributed by atoms with van der Waals surface area (Å²) in [6.07, 6.45) is 1.70. The maximum Gasteiger partial charge on any atom is 0.238 e. The molecular weight excluding hydrogens is 264 g/mol. The van der Waals surface area contributed by atoms with Crippen molar-refractivity contribution < 1.29 is 4.79 Å². The molecule has 6 heteroatoms. The molecule has 0 bridgehead atoms. The summed E-state index contributed by atoms with van der Waals surface area (Å²) in [5.74, 6) is 0.0664. The van der Waals surface area contributed by atoms with E-state index in [0.717, 1.165) is 18.8 Å². The van der Waals surface area contributed by atoms with Gasteiger partial charge in [0, 0.05) is 43.9 Å². The number of aromatic nitrogens is 1. The summed E-state index contributed by atoms with van der Waals surface area (Å²) in [7, 11) is 0. The first-order chi connectivity index (χ1) is 9.20. The van der Waals surface area contributed by atoms with Gasteiger partial charge in [0.15, 0.2) is 0 Å². The average molecular weight is 283 g/mol. The van der Waals surface area contributed by atoms with Gasteiger partial charge in [0.05, 0.1) is 5.69 Å². The van der Waals surface area contributed by atoms with Gasteiger partial charge in [-0.3, -0.25) is 14.7 Å². The molecule has 2 N–H and O–H groups in total. The predicted molar refractivity (Wildman–Crippen MR) is 75.0 cm³/mol. The van der Waals surface area contributed by atoms with Crippen molar-refractivity contribution in [1.82, 2.24) is 20.5 Å². The lowest BCUT2D eigenvalue weighted by atomic mass is 10.1. The van der Waals surface area contributed by atoms with Crippen molar-refractivity contribution in [2.24, 2.45) is 0 Å². The van der Waals surface area contributed by atoms with Crippen molar-refractivity contribution in [2.45, 2.75) is 19.5 Å². The first-order valence-corrected chi connectivity index (χ1v) is 6.91. The first-order valence-electron chi connectivity index (χ1n) is 6.53. The van der Waals surface area contributed by atoms with Crippen LogP contribution in [-0.2, 0) is 11.3 Å². The number of hydrogen-bond acceptors (Lipinski definition) is 4. The minimum absolute atomic E-state index is 0.0664. The molecule has 1 aromatic heterocycles. The van der Waals surface area contributed by atoms with Gasteiger partial charge >= 0.3 is 0 Å². The molecule has 1 unspecified atom stereocenters. The Balaban J connectivity index is 2.05. The number of nitrogens with one attached hydrogen (secondary N) is 2. The number of hydrogen-bond donors (Lipinski definition) is 2. The highest BCUT2D eigenvalue weighted by molar-refractivity contribution is 6.30. The third kappa shape index (κ3) is 3.89. The van der Waals surface area contributed by atoms with Gasteiger partial charge in [-0.05, 0) is 19.1 Å². The molecule has 104 valence electrons. The molecule has 19 heavy (non-hydrogen) atoms. The second-order valence-corrected chi connectivity index (χ2v) is 4.99. The summed E-state index contributed by atoms with van der Waals surface area (Å²) >= 11 is 5.96. The van der Waals surface area contributed by atoms with Crippen molar-refractivity contribution >= 4 is 17.5 Å². The minimum Gasteiger partial charge on any atom is -0.355 e. The maximum atomic E-state index is 12.0. The predicted octanol–water partition coefficient (Wildman–Crippen LogP) is 0.645. The monoisotopic (exact) mass is 282 g/mol. The first kappa shape index (κ1) is 14.2. The summed E-state index contributed by atoms with van der Waals surface area (Å²) < 4.78 is 0. The molecule has 5 nitrogen and oxygen atoms in total. The van der Waals surface area contributed by atoms with E-state index in [4.69, 9.17) is 11.6 Å². The van der Waals surface area contributed by atoms with E-state index in [0.29, 0.717) is 24.7 Å². The minimum atomic E-state index is -0.144. The normalized spacial score (nSPS) is 20.2. The van der Waals surface area contributed by atoms with Gasteiger partial charge in [-0.2, -0.15) is 0 Å². The van der Waals surface area contributed by atoms with Gasteiger partial charge in [-0.1, -0.05) is 11.6 Å². The molecule has 0 saturated carbocycles. The Kier molecular flexibility index (Phi) is 5.13. The Hall–Kier alpha value is -1.17. The Morgan fingerprint density at radius 2 is 2.53 bits per heavy atom. The molecule has 2 rings (SSSR count). The molecule has 1 aliphatic heterocycles. The zero-order chi connectivity index (χ0) is 13.7. The van der Waals surface area contributed by atoms with E-state index in [2.05, 4.69) is 20.5 Å². The van der Waals surface area contributed by atoms with Crippen LogP contribution in [0.2, 0.25) is 5.02 Å². The number of amides is 1. The van der Waals surface area contributed by atoms with Gasteiger partial charge in [-0.15, -0.1) is 0 Å². The highest BCUT2D eigenvalue weighted by Gasteiger charge is 2.28. The molecule has 1 amide bonds. The highest BCUT2D eigenvalue weighted by Crippen LogP contribution is 2.13. The molecule has 1 fully saturated rings. The number of nitrogens with zero attached hydrogens (tertiary/aromatic N) is 2. The van der Waals surface area contributed by atoms with E-state index in [1.807, 2.05) is 13.0 Å². The van der Waals surface area contributed by atoms with Gasteiger partial charge in [0.2, 0.25) is 5.91 Å². The summed E-state index contributed by atoms with van der Waals surface area (Å²) in [6, 6.07) is 3.46. The number of carbonyl (C=O) groups is 1. The SMILES string of the molecule is CCNC(=O)C1CNCCN1Cc1cc(Cl)ccn1. The second-order valence-electron chi connectivity index (χ2n) is 4.55. The van der Waals surface area contributed by atoms with Crippen LogP contribution in [0, 0.1) is 0 Å². The van der Waals surface area contributed by atoms with E-state index >= 15 is 0 Å². The van der Waals surface area contributed by atoms with Crippen molar-refractivity contribution in [1.29, 1.82) is 0 Å². The number of piperazine rings is 1. The van der Waals surface area contributed by atoms with Gasteiger partial charge < -0.3 is 10.6 Å². The summed E-state index contributed by atoms with van der Waals surface area (Å²) in [5, 5.41) is 6.80. The number of likely N-dealkylation sites (N-methyl/N-ethyl adjacent to an activating group) is 1. The van der Waals surface area contributed by atoms with Crippen LogP contribution >= 0.6 is 11.6 Å². The van der Waals surface area contributed by atoms with Crippen LogP contribution in [0.1, 0.15) is 12.6 Å². The lowest BCUT2D eigenvalue weighted by Crippen LogP contribution is -2.57. The smallest absolute Gasteiger partial charge is 0.238 e. The van der Waals surface area contributed by atoms with Crippen LogP contribution in [0.25, 0.3) is 0 Å². The highest BCUT2D eigenvalue weighted by atomic mass is 35.5. The summed E-state index contributed by atoms with van der Waals surface area (Å²) in [5.41, 5.74) is 0.892. The van der Waals surface area contributed by atoms with E-state index in [1.54, 1.807) is 12.3 Å². The van der Waals surface area contributed by atoms with E-state index in [-0.39, 0.29) is 11.9 Å². The Morgan fingerprint density at radius 3 is 3.26 bits per heavy atom. The molecular formula is C13H19ClN4O. The van der Waals surface area contributed by atoms with Crippen LogP contribution in [0.5, 0.6) is 0 Å². The number of halogens is 1. The number of carbonyl (C=O) groups excluding carboxylic acids is 1. The summed E-state index contributed by atoms with van der Waals surface area (Å²) in [6.45, 7) is 5.61. The van der Waals surface area contributed by atoms with Crippen molar-refractivity contribution in [3.8, 4) is 0 Å². The van der Waals surface area contributed by atoms with Crippen LogP contribution in [-0.4, -0.2) is 48.0 Å². The van der Waals surface area contributed by atoms with Crippen LogP contribution in [0.3, 0.4) is 0 Å². The Bertz CT molecular complexity index is 440. The van der Waals surface area contributed by atoms with Crippen LogP contribution in [0.4, 0.5) is 0 Å². The standard InChI is InChI=1S/C13H19ClN4O/c1-2-16-13(19)12-8-15-5-6-18(12)9-11-7-10(14)3-4-17-11/h3-4,7,12,15H,2,5-6,8-9H2,1H3,(H,16,19). The maximum absolute atomic E-state index is 12.0. The third-order valence-electron chi connectivity index (χ3n) is 3.15. The molecule has 1 saturated heterocycles. The number of rotatable bonds is 4. The van der Waals surface area contributed by atoms with Crippen molar-refractivity contribution in [3.63, 3.8) is 0 Å². The molecule has 0 radical (unpaired) electrons. The molecule has 2 heterocycles. The topological polar surface area (TPSA) is 57.3 Å². The van der Waals surface area contributed by atoms with Crippen LogP contribution < -0.4 is 10.6 Å². The average Bonchev–Trinajstić information content (AvgIpc) is 2.39. The van der Waals surface area contributed by atoms with Crippen molar-refractivity contribution in [2.75, 3.05) is 26.2 Å². The largest absolute Gasteiger partial charge is 0.355 e.